The van der Waals surface area contributed by atoms with Crippen LogP contribution in [-0.2, 0) is 6.42 Å². The molecule has 0 aliphatic carbocycles. The topological polar surface area (TPSA) is 42.0 Å². The van der Waals surface area contributed by atoms with Crippen LogP contribution in [-0.4, -0.2) is 10.9 Å². The van der Waals surface area contributed by atoms with E-state index in [1.807, 2.05) is 0 Å². The Balaban J connectivity index is 1.91. The predicted octanol–water partition coefficient (Wildman–Crippen LogP) is 6.29. The van der Waals surface area contributed by atoms with E-state index in [0.29, 0.717) is 15.7 Å². The van der Waals surface area contributed by atoms with E-state index in [0.717, 1.165) is 24.1 Å². The molecule has 1 N–H and O–H groups in total. The molecule has 1 aromatic heterocycles. The molecular formula is C21H21ClN2OS. The van der Waals surface area contributed by atoms with E-state index in [1.54, 1.807) is 35.6 Å². The minimum atomic E-state index is -0.198. The van der Waals surface area contributed by atoms with Crippen LogP contribution in [0.5, 0.6) is 0 Å². The quantitative estimate of drug-likeness (QED) is 0.562. The first-order valence-electron chi connectivity index (χ1n) is 8.62. The summed E-state index contributed by atoms with van der Waals surface area (Å²) in [5, 5.41) is 4.07. The number of aromatic nitrogens is 1. The molecule has 0 bridgehead atoms. The van der Waals surface area contributed by atoms with Gasteiger partial charge in [0.15, 0.2) is 5.13 Å². The number of carbonyl (C=O) groups excluding carboxylic acids is 1. The normalized spacial score (nSPS) is 10.8. The number of nitrogens with zero attached hydrogens (tertiary/aromatic N) is 1. The van der Waals surface area contributed by atoms with Gasteiger partial charge in [-0.25, -0.2) is 4.98 Å². The number of rotatable bonds is 5. The number of amides is 1. The molecule has 0 saturated carbocycles. The fraction of sp³-hybridized carbons (Fsp3) is 0.238. The van der Waals surface area contributed by atoms with Crippen LogP contribution in [0.15, 0.2) is 42.5 Å². The van der Waals surface area contributed by atoms with Crippen molar-refractivity contribution >= 4 is 34.0 Å². The van der Waals surface area contributed by atoms with Crippen molar-refractivity contribution < 1.29 is 4.79 Å². The first-order valence-corrected chi connectivity index (χ1v) is 9.81. The number of anilines is 1. The van der Waals surface area contributed by atoms with Crippen molar-refractivity contribution in [2.24, 2.45) is 0 Å². The van der Waals surface area contributed by atoms with E-state index >= 15 is 0 Å². The fourth-order valence-corrected chi connectivity index (χ4v) is 3.99. The van der Waals surface area contributed by atoms with Gasteiger partial charge in [0.05, 0.1) is 5.69 Å². The summed E-state index contributed by atoms with van der Waals surface area (Å²) in [6.07, 6.45) is 1.97. The van der Waals surface area contributed by atoms with Crippen LogP contribution >= 0.6 is 22.9 Å². The maximum absolute atomic E-state index is 12.5. The molecule has 1 heterocycles. The van der Waals surface area contributed by atoms with Gasteiger partial charge < -0.3 is 0 Å². The molecule has 3 rings (SSSR count). The monoisotopic (exact) mass is 384 g/mol. The van der Waals surface area contributed by atoms with E-state index in [9.17, 15) is 4.79 Å². The molecule has 0 aliphatic heterocycles. The highest BCUT2D eigenvalue weighted by Crippen LogP contribution is 2.33. The zero-order valence-corrected chi connectivity index (χ0v) is 16.7. The van der Waals surface area contributed by atoms with Crippen molar-refractivity contribution in [2.75, 3.05) is 5.32 Å². The van der Waals surface area contributed by atoms with Crippen LogP contribution in [0.4, 0.5) is 5.13 Å². The van der Waals surface area contributed by atoms with Gasteiger partial charge in [-0.15, -0.1) is 11.3 Å². The van der Waals surface area contributed by atoms with E-state index in [4.69, 9.17) is 16.6 Å². The Labute approximate surface area is 163 Å². The number of carbonyl (C=O) groups is 1. The average Bonchev–Trinajstić information content (AvgIpc) is 3.00. The lowest BCUT2D eigenvalue weighted by Gasteiger charge is -2.05. The van der Waals surface area contributed by atoms with Gasteiger partial charge in [-0.1, -0.05) is 43.1 Å². The summed E-state index contributed by atoms with van der Waals surface area (Å²) in [6.45, 7) is 6.35. The van der Waals surface area contributed by atoms with Gasteiger partial charge in [-0.05, 0) is 55.7 Å². The number of benzene rings is 2. The molecule has 134 valence electrons. The van der Waals surface area contributed by atoms with Crippen molar-refractivity contribution in [3.8, 4) is 11.3 Å². The highest BCUT2D eigenvalue weighted by atomic mass is 35.5. The third-order valence-electron chi connectivity index (χ3n) is 4.26. The van der Waals surface area contributed by atoms with Gasteiger partial charge in [-0.2, -0.15) is 0 Å². The van der Waals surface area contributed by atoms with E-state index < -0.39 is 0 Å². The summed E-state index contributed by atoms with van der Waals surface area (Å²) in [4.78, 5) is 18.4. The van der Waals surface area contributed by atoms with Crippen molar-refractivity contribution in [3.63, 3.8) is 0 Å². The molecule has 0 radical (unpaired) electrons. The summed E-state index contributed by atoms with van der Waals surface area (Å²) >= 11 is 7.52. The zero-order valence-electron chi connectivity index (χ0n) is 15.1. The molecule has 3 nitrogen and oxygen atoms in total. The molecule has 1 amide bonds. The SMILES string of the molecule is CCCc1sc(NC(=O)c2cccc(Cl)c2)nc1-c1ccc(C)c(C)c1. The molecule has 0 fully saturated rings. The summed E-state index contributed by atoms with van der Waals surface area (Å²) in [7, 11) is 0. The van der Waals surface area contributed by atoms with Crippen molar-refractivity contribution in [1.82, 2.24) is 4.98 Å². The minimum Gasteiger partial charge on any atom is -0.298 e. The zero-order chi connectivity index (χ0) is 18.7. The second-order valence-corrected chi connectivity index (χ2v) is 7.82. The predicted molar refractivity (Wildman–Crippen MR) is 110 cm³/mol. The van der Waals surface area contributed by atoms with Crippen LogP contribution < -0.4 is 5.32 Å². The molecule has 26 heavy (non-hydrogen) atoms. The second-order valence-electron chi connectivity index (χ2n) is 6.30. The minimum absolute atomic E-state index is 0.198. The molecule has 3 aromatic rings. The van der Waals surface area contributed by atoms with E-state index in [-0.39, 0.29) is 5.91 Å². The summed E-state index contributed by atoms with van der Waals surface area (Å²) < 4.78 is 0. The third kappa shape index (κ3) is 4.14. The standard InChI is InChI=1S/C21H21ClN2OS/c1-4-6-18-19(15-10-9-13(2)14(3)11-15)23-21(26-18)24-20(25)16-7-5-8-17(22)12-16/h5,7-12H,4,6H2,1-3H3,(H,23,24,25). The second kappa shape index (κ2) is 8.02. The maximum atomic E-state index is 12.5. The Hall–Kier alpha value is -2.17. The molecule has 2 aromatic carbocycles. The van der Waals surface area contributed by atoms with Gasteiger partial charge in [0.25, 0.3) is 5.91 Å². The van der Waals surface area contributed by atoms with Crippen LogP contribution in [0.3, 0.4) is 0 Å². The number of halogens is 1. The highest BCUT2D eigenvalue weighted by molar-refractivity contribution is 7.16. The molecule has 0 atom stereocenters. The molecule has 5 heteroatoms. The molecular weight excluding hydrogens is 364 g/mol. The number of aryl methyl sites for hydroxylation is 3. The fourth-order valence-electron chi connectivity index (χ4n) is 2.71. The first-order chi connectivity index (χ1) is 12.5. The number of nitrogens with one attached hydrogen (secondary N) is 1. The third-order valence-corrected chi connectivity index (χ3v) is 5.53. The van der Waals surface area contributed by atoms with E-state index in [2.05, 4.69) is 44.3 Å². The van der Waals surface area contributed by atoms with Crippen molar-refractivity contribution in [1.29, 1.82) is 0 Å². The lowest BCUT2D eigenvalue weighted by Crippen LogP contribution is -2.11. The molecule has 0 aliphatic rings. The van der Waals surface area contributed by atoms with Gasteiger partial charge in [0.1, 0.15) is 0 Å². The van der Waals surface area contributed by atoms with Crippen LogP contribution in [0.25, 0.3) is 11.3 Å². The van der Waals surface area contributed by atoms with Crippen LogP contribution in [0, 0.1) is 13.8 Å². The smallest absolute Gasteiger partial charge is 0.257 e. The van der Waals surface area contributed by atoms with Crippen molar-refractivity contribution in [3.05, 3.63) is 69.1 Å². The Morgan fingerprint density at radius 1 is 1.15 bits per heavy atom. The largest absolute Gasteiger partial charge is 0.298 e. The Bertz CT molecular complexity index is 949. The van der Waals surface area contributed by atoms with Crippen LogP contribution in [0.2, 0.25) is 5.02 Å². The van der Waals surface area contributed by atoms with Crippen LogP contribution in [0.1, 0.15) is 39.7 Å². The maximum Gasteiger partial charge on any atom is 0.257 e. The lowest BCUT2D eigenvalue weighted by molar-refractivity contribution is 0.102. The van der Waals surface area contributed by atoms with E-state index in [1.165, 1.54) is 16.0 Å². The Morgan fingerprint density at radius 3 is 2.65 bits per heavy atom. The van der Waals surface area contributed by atoms with Gasteiger partial charge in [0, 0.05) is 21.0 Å². The Kier molecular flexibility index (Phi) is 5.74. The van der Waals surface area contributed by atoms with Gasteiger partial charge in [0.2, 0.25) is 0 Å². The summed E-state index contributed by atoms with van der Waals surface area (Å²) in [5.41, 5.74) is 5.08. The summed E-state index contributed by atoms with van der Waals surface area (Å²) in [6, 6.07) is 13.3. The highest BCUT2D eigenvalue weighted by Gasteiger charge is 2.16. The molecule has 0 saturated heterocycles. The average molecular weight is 385 g/mol. The number of thiazole rings is 1. The van der Waals surface area contributed by atoms with Crippen molar-refractivity contribution in [2.45, 2.75) is 33.6 Å². The van der Waals surface area contributed by atoms with Gasteiger partial charge in [-0.3, -0.25) is 10.1 Å². The molecule has 0 spiro atoms. The summed E-state index contributed by atoms with van der Waals surface area (Å²) in [5.74, 6) is -0.198. The number of hydrogen-bond acceptors (Lipinski definition) is 3. The first kappa shape index (κ1) is 18.6. The Morgan fingerprint density at radius 2 is 1.96 bits per heavy atom. The lowest BCUT2D eigenvalue weighted by atomic mass is 10.0. The van der Waals surface area contributed by atoms with Gasteiger partial charge >= 0.3 is 0 Å². The molecule has 0 unspecified atom stereocenters. The number of hydrogen-bond donors (Lipinski definition) is 1.